The summed E-state index contributed by atoms with van der Waals surface area (Å²) in [4.78, 5) is 2.17. The summed E-state index contributed by atoms with van der Waals surface area (Å²) in [5.74, 6) is -1.11. The normalized spacial score (nSPS) is 15.7. The number of nitriles is 1. The molecule has 1 aliphatic heterocycles. The summed E-state index contributed by atoms with van der Waals surface area (Å²) in [6.07, 6.45) is 0.589. The molecular weight excluding hydrogens is 340 g/mol. The van der Waals surface area contributed by atoms with Crippen molar-refractivity contribution in [3.63, 3.8) is 0 Å². The van der Waals surface area contributed by atoms with Crippen molar-refractivity contribution >= 4 is 24.8 Å². The number of piperazine rings is 1. The van der Waals surface area contributed by atoms with E-state index in [-0.39, 0.29) is 30.9 Å². The van der Waals surface area contributed by atoms with E-state index in [2.05, 4.69) is 22.9 Å². The van der Waals surface area contributed by atoms with E-state index in [0.717, 1.165) is 37.8 Å². The SMILES string of the molecule is C=C(C)C[C@H](c1c(C#N)ccc(F)c1O)N1CCNCC1.Cl.Cl. The number of nitrogens with one attached hydrogen (secondary N) is 1. The van der Waals surface area contributed by atoms with Crippen molar-refractivity contribution in [3.8, 4) is 11.8 Å². The van der Waals surface area contributed by atoms with Crippen molar-refractivity contribution in [2.45, 2.75) is 19.4 Å². The third-order valence-corrected chi connectivity index (χ3v) is 3.76. The van der Waals surface area contributed by atoms with Gasteiger partial charge >= 0.3 is 0 Å². The summed E-state index contributed by atoms with van der Waals surface area (Å²) < 4.78 is 13.7. The van der Waals surface area contributed by atoms with Crippen LogP contribution in [0.25, 0.3) is 0 Å². The van der Waals surface area contributed by atoms with E-state index < -0.39 is 11.6 Å². The second kappa shape index (κ2) is 9.74. The molecule has 23 heavy (non-hydrogen) atoms. The highest BCUT2D eigenvalue weighted by Crippen LogP contribution is 2.37. The van der Waals surface area contributed by atoms with Crippen LogP contribution in [0.1, 0.15) is 30.5 Å². The Morgan fingerprint density at radius 2 is 2.04 bits per heavy atom. The molecule has 0 aliphatic carbocycles. The maximum Gasteiger partial charge on any atom is 0.165 e. The third kappa shape index (κ3) is 5.08. The summed E-state index contributed by atoms with van der Waals surface area (Å²) >= 11 is 0. The standard InChI is InChI=1S/C16H20FN3O.2ClH/c1-11(2)9-14(20-7-5-19-6-8-20)15-12(10-18)3-4-13(17)16(15)21;;/h3-4,14,19,21H,1,5-9H2,2H3;2*1H/t14-;;/m1../s1. The van der Waals surface area contributed by atoms with Crippen LogP contribution in [0.5, 0.6) is 5.75 Å². The Balaban J connectivity index is 0.00000242. The van der Waals surface area contributed by atoms with Gasteiger partial charge in [0.1, 0.15) is 0 Å². The summed E-state index contributed by atoms with van der Waals surface area (Å²) in [6.45, 7) is 9.08. The molecule has 0 amide bonds. The molecule has 0 spiro atoms. The first kappa shape index (κ1) is 21.7. The molecule has 0 unspecified atom stereocenters. The second-order valence-electron chi connectivity index (χ2n) is 5.43. The van der Waals surface area contributed by atoms with Crippen molar-refractivity contribution < 1.29 is 9.50 Å². The number of hydrogen-bond donors (Lipinski definition) is 2. The summed E-state index contributed by atoms with van der Waals surface area (Å²) in [6, 6.07) is 4.39. The number of nitrogens with zero attached hydrogens (tertiary/aromatic N) is 2. The summed E-state index contributed by atoms with van der Waals surface area (Å²) in [5, 5.41) is 22.7. The lowest BCUT2D eigenvalue weighted by Gasteiger charge is -2.36. The fraction of sp³-hybridized carbons (Fsp3) is 0.438. The van der Waals surface area contributed by atoms with E-state index >= 15 is 0 Å². The highest BCUT2D eigenvalue weighted by molar-refractivity contribution is 5.85. The maximum absolute atomic E-state index is 13.7. The zero-order chi connectivity index (χ0) is 15.4. The molecule has 1 aliphatic rings. The molecular formula is C16H22Cl2FN3O. The van der Waals surface area contributed by atoms with Crippen LogP contribution in [0.2, 0.25) is 0 Å². The van der Waals surface area contributed by atoms with Gasteiger partial charge in [0.05, 0.1) is 11.6 Å². The molecule has 7 heteroatoms. The first-order valence-corrected chi connectivity index (χ1v) is 7.05. The smallest absolute Gasteiger partial charge is 0.165 e. The Kier molecular flexibility index (Phi) is 9.18. The van der Waals surface area contributed by atoms with Gasteiger partial charge in [0.15, 0.2) is 11.6 Å². The number of phenolic OH excluding ortho intramolecular Hbond substituents is 1. The lowest BCUT2D eigenvalue weighted by molar-refractivity contribution is 0.169. The second-order valence-corrected chi connectivity index (χ2v) is 5.43. The van der Waals surface area contributed by atoms with E-state index in [1.54, 1.807) is 0 Å². The fourth-order valence-corrected chi connectivity index (χ4v) is 2.75. The predicted molar refractivity (Wildman–Crippen MR) is 93.9 cm³/mol. The van der Waals surface area contributed by atoms with Gasteiger partial charge < -0.3 is 10.4 Å². The highest BCUT2D eigenvalue weighted by Gasteiger charge is 2.28. The Labute approximate surface area is 148 Å². The van der Waals surface area contributed by atoms with E-state index in [0.29, 0.717) is 17.5 Å². The zero-order valence-electron chi connectivity index (χ0n) is 13.0. The van der Waals surface area contributed by atoms with Crippen LogP contribution in [0, 0.1) is 17.1 Å². The summed E-state index contributed by atoms with van der Waals surface area (Å²) in [5.41, 5.74) is 1.63. The molecule has 1 atom stereocenters. The first-order chi connectivity index (χ1) is 10.0. The zero-order valence-corrected chi connectivity index (χ0v) is 14.6. The van der Waals surface area contributed by atoms with Crippen molar-refractivity contribution in [2.75, 3.05) is 26.2 Å². The van der Waals surface area contributed by atoms with Gasteiger partial charge in [0, 0.05) is 37.8 Å². The molecule has 2 rings (SSSR count). The molecule has 1 saturated heterocycles. The van der Waals surface area contributed by atoms with Gasteiger partial charge in [-0.3, -0.25) is 4.90 Å². The number of phenols is 1. The highest BCUT2D eigenvalue weighted by atomic mass is 35.5. The third-order valence-electron chi connectivity index (χ3n) is 3.76. The minimum Gasteiger partial charge on any atom is -0.505 e. The molecule has 1 heterocycles. The Hall–Kier alpha value is -1.32. The number of halogens is 3. The molecule has 0 radical (unpaired) electrons. The van der Waals surface area contributed by atoms with Crippen molar-refractivity contribution in [3.05, 3.63) is 41.2 Å². The molecule has 1 aromatic rings. The van der Waals surface area contributed by atoms with Gasteiger partial charge in [-0.05, 0) is 25.5 Å². The fourth-order valence-electron chi connectivity index (χ4n) is 2.75. The average molecular weight is 362 g/mol. The van der Waals surface area contributed by atoms with Crippen LogP contribution in [-0.4, -0.2) is 36.2 Å². The van der Waals surface area contributed by atoms with Crippen LogP contribution in [-0.2, 0) is 0 Å². The van der Waals surface area contributed by atoms with Gasteiger partial charge in [-0.2, -0.15) is 5.26 Å². The Morgan fingerprint density at radius 3 is 2.57 bits per heavy atom. The molecule has 1 aromatic carbocycles. The van der Waals surface area contributed by atoms with Gasteiger partial charge in [-0.25, -0.2) is 4.39 Å². The molecule has 0 saturated carbocycles. The van der Waals surface area contributed by atoms with E-state index in [9.17, 15) is 14.8 Å². The van der Waals surface area contributed by atoms with Gasteiger partial charge in [-0.1, -0.05) is 5.57 Å². The molecule has 2 N–H and O–H groups in total. The number of rotatable bonds is 4. The van der Waals surface area contributed by atoms with Crippen LogP contribution in [0.4, 0.5) is 4.39 Å². The monoisotopic (exact) mass is 361 g/mol. The van der Waals surface area contributed by atoms with E-state index in [1.807, 2.05) is 6.92 Å². The number of hydrogen-bond acceptors (Lipinski definition) is 4. The summed E-state index contributed by atoms with van der Waals surface area (Å²) in [7, 11) is 0. The van der Waals surface area contributed by atoms with Crippen molar-refractivity contribution in [1.82, 2.24) is 10.2 Å². The quantitative estimate of drug-likeness (QED) is 0.808. The molecule has 0 bridgehead atoms. The molecule has 0 aromatic heterocycles. The van der Waals surface area contributed by atoms with Crippen molar-refractivity contribution in [1.29, 1.82) is 5.26 Å². The lowest BCUT2D eigenvalue weighted by atomic mass is 9.93. The molecule has 4 nitrogen and oxygen atoms in total. The van der Waals surface area contributed by atoms with E-state index in [4.69, 9.17) is 0 Å². The lowest BCUT2D eigenvalue weighted by Crippen LogP contribution is -2.45. The predicted octanol–water partition coefficient (Wildman–Crippen LogP) is 3.16. The minimum absolute atomic E-state index is 0. The topological polar surface area (TPSA) is 59.3 Å². The first-order valence-electron chi connectivity index (χ1n) is 7.05. The van der Waals surface area contributed by atoms with Gasteiger partial charge in [0.2, 0.25) is 0 Å². The number of benzene rings is 1. The largest absolute Gasteiger partial charge is 0.505 e. The van der Waals surface area contributed by atoms with Crippen LogP contribution in [0.3, 0.4) is 0 Å². The van der Waals surface area contributed by atoms with Crippen LogP contribution >= 0.6 is 24.8 Å². The maximum atomic E-state index is 13.7. The Morgan fingerprint density at radius 1 is 1.43 bits per heavy atom. The van der Waals surface area contributed by atoms with Gasteiger partial charge in [-0.15, -0.1) is 31.4 Å². The molecule has 128 valence electrons. The van der Waals surface area contributed by atoms with E-state index in [1.165, 1.54) is 6.07 Å². The Bertz CT molecular complexity index is 583. The van der Waals surface area contributed by atoms with Crippen molar-refractivity contribution in [2.24, 2.45) is 0 Å². The van der Waals surface area contributed by atoms with Gasteiger partial charge in [0.25, 0.3) is 0 Å². The molecule has 1 fully saturated rings. The number of aromatic hydroxyl groups is 1. The minimum atomic E-state index is -0.689. The van der Waals surface area contributed by atoms with Crippen LogP contribution in [0.15, 0.2) is 24.3 Å². The average Bonchev–Trinajstić information content (AvgIpc) is 2.48. The van der Waals surface area contributed by atoms with Crippen LogP contribution < -0.4 is 5.32 Å².